The van der Waals surface area contributed by atoms with Gasteiger partial charge in [0.1, 0.15) is 0 Å². The van der Waals surface area contributed by atoms with E-state index >= 15 is 0 Å². The van der Waals surface area contributed by atoms with Gasteiger partial charge < -0.3 is 0 Å². The second kappa shape index (κ2) is 6.03. The van der Waals surface area contributed by atoms with Crippen LogP contribution in [-0.4, -0.2) is 21.5 Å². The van der Waals surface area contributed by atoms with E-state index in [1.807, 2.05) is 6.92 Å². The summed E-state index contributed by atoms with van der Waals surface area (Å²) in [6.45, 7) is 1.95. The van der Waals surface area contributed by atoms with E-state index < -0.39 is 10.8 Å². The fourth-order valence-corrected chi connectivity index (χ4v) is 2.44. The summed E-state index contributed by atoms with van der Waals surface area (Å²) in [5.41, 5.74) is 0.534. The van der Waals surface area contributed by atoms with E-state index in [1.54, 1.807) is 24.3 Å². The summed E-state index contributed by atoms with van der Waals surface area (Å²) in [5.74, 6) is 0.560. The van der Waals surface area contributed by atoms with Gasteiger partial charge in [0, 0.05) is 27.1 Å². The Morgan fingerprint density at radius 2 is 2.20 bits per heavy atom. The average molecular weight is 245 g/mol. The van der Waals surface area contributed by atoms with Crippen LogP contribution in [0.2, 0.25) is 5.02 Å². The monoisotopic (exact) mass is 244 g/mol. The molecule has 0 aromatic heterocycles. The molecule has 0 aliphatic rings. The van der Waals surface area contributed by atoms with E-state index in [9.17, 15) is 9.00 Å². The zero-order valence-corrected chi connectivity index (χ0v) is 10.1. The molecule has 0 N–H and O–H groups in total. The molecule has 0 saturated carbocycles. The second-order valence-electron chi connectivity index (χ2n) is 3.22. The van der Waals surface area contributed by atoms with Crippen LogP contribution in [0.1, 0.15) is 23.7 Å². The molecule has 0 bridgehead atoms. The molecule has 0 spiro atoms. The van der Waals surface area contributed by atoms with Crippen LogP contribution in [-0.2, 0) is 10.8 Å². The van der Waals surface area contributed by atoms with Gasteiger partial charge in [0.25, 0.3) is 0 Å². The molecule has 0 amide bonds. The van der Waals surface area contributed by atoms with Crippen LogP contribution >= 0.6 is 11.6 Å². The maximum atomic E-state index is 11.6. The Balaban J connectivity index is 2.65. The summed E-state index contributed by atoms with van der Waals surface area (Å²) >= 11 is 5.76. The van der Waals surface area contributed by atoms with Gasteiger partial charge in [-0.05, 0) is 18.6 Å². The van der Waals surface area contributed by atoms with Gasteiger partial charge in [0.05, 0.1) is 5.75 Å². The lowest BCUT2D eigenvalue weighted by Crippen LogP contribution is -2.12. The number of carbonyl (C=O) groups excluding carboxylic acids is 1. The van der Waals surface area contributed by atoms with Crippen molar-refractivity contribution in [3.05, 3.63) is 34.9 Å². The first-order valence-electron chi connectivity index (χ1n) is 4.77. The summed E-state index contributed by atoms with van der Waals surface area (Å²) in [4.78, 5) is 11.6. The number of rotatable bonds is 5. The number of Topliss-reactive ketones (excluding diaryl/α,β-unsaturated/α-hetero) is 1. The number of hydrogen-bond donors (Lipinski definition) is 0. The summed E-state index contributed by atoms with van der Waals surface area (Å²) in [6, 6.07) is 6.73. The Bertz CT molecular complexity index is 377. The van der Waals surface area contributed by atoms with E-state index in [2.05, 4.69) is 0 Å². The molecule has 1 atom stereocenters. The highest BCUT2D eigenvalue weighted by Gasteiger charge is 2.09. The molecule has 82 valence electrons. The zero-order valence-electron chi connectivity index (χ0n) is 8.53. The predicted molar refractivity (Wildman–Crippen MR) is 63.9 cm³/mol. The van der Waals surface area contributed by atoms with Gasteiger partial charge in [-0.1, -0.05) is 30.7 Å². The van der Waals surface area contributed by atoms with Crippen LogP contribution in [0.4, 0.5) is 0 Å². The Labute approximate surface area is 97.1 Å². The third-order valence-corrected chi connectivity index (χ3v) is 3.55. The van der Waals surface area contributed by atoms with Gasteiger partial charge in [0.15, 0.2) is 5.78 Å². The van der Waals surface area contributed by atoms with Crippen molar-refractivity contribution >= 4 is 28.2 Å². The molecule has 1 rings (SSSR count). The fraction of sp³-hybridized carbons (Fsp3) is 0.364. The van der Waals surface area contributed by atoms with Crippen LogP contribution in [0.3, 0.4) is 0 Å². The minimum atomic E-state index is -1.05. The molecule has 0 aliphatic heterocycles. The van der Waals surface area contributed by atoms with Gasteiger partial charge >= 0.3 is 0 Å². The van der Waals surface area contributed by atoms with Gasteiger partial charge in [-0.3, -0.25) is 9.00 Å². The van der Waals surface area contributed by atoms with Gasteiger partial charge in [-0.25, -0.2) is 0 Å². The summed E-state index contributed by atoms with van der Waals surface area (Å²) < 4.78 is 11.4. The number of benzene rings is 1. The second-order valence-corrected chi connectivity index (χ2v) is 5.23. The molecule has 0 saturated heterocycles. The maximum Gasteiger partial charge on any atom is 0.175 e. The lowest BCUT2D eigenvalue weighted by molar-refractivity contribution is 0.102. The molecular formula is C11H13ClO2S. The van der Waals surface area contributed by atoms with Gasteiger partial charge in [0.2, 0.25) is 0 Å². The molecule has 1 aromatic carbocycles. The number of halogens is 1. The number of ketones is 1. The van der Waals surface area contributed by atoms with Crippen LogP contribution in [0.25, 0.3) is 0 Å². The van der Waals surface area contributed by atoms with Crippen molar-refractivity contribution in [1.29, 1.82) is 0 Å². The van der Waals surface area contributed by atoms with Gasteiger partial charge in [-0.15, -0.1) is 0 Å². The minimum absolute atomic E-state index is 0.0915. The van der Waals surface area contributed by atoms with Crippen molar-refractivity contribution in [1.82, 2.24) is 0 Å². The number of carbonyl (C=O) groups is 1. The van der Waals surface area contributed by atoms with Crippen LogP contribution < -0.4 is 0 Å². The van der Waals surface area contributed by atoms with E-state index in [0.29, 0.717) is 16.3 Å². The quantitative estimate of drug-likeness (QED) is 0.747. The predicted octanol–water partition coefficient (Wildman–Crippen LogP) is 2.68. The molecule has 0 aliphatic carbocycles. The maximum absolute atomic E-state index is 11.6. The van der Waals surface area contributed by atoms with E-state index in [-0.39, 0.29) is 11.5 Å². The van der Waals surface area contributed by atoms with Crippen molar-refractivity contribution in [3.63, 3.8) is 0 Å². The average Bonchev–Trinajstić information content (AvgIpc) is 2.18. The Morgan fingerprint density at radius 3 is 2.80 bits per heavy atom. The molecule has 15 heavy (non-hydrogen) atoms. The van der Waals surface area contributed by atoms with Crippen molar-refractivity contribution in [2.45, 2.75) is 13.3 Å². The third-order valence-electron chi connectivity index (χ3n) is 1.87. The summed E-state index contributed by atoms with van der Waals surface area (Å²) in [7, 11) is -1.05. The summed E-state index contributed by atoms with van der Waals surface area (Å²) in [6.07, 6.45) is 0.829. The molecular weight excluding hydrogens is 232 g/mol. The van der Waals surface area contributed by atoms with Crippen LogP contribution in [0.15, 0.2) is 24.3 Å². The molecule has 0 fully saturated rings. The van der Waals surface area contributed by atoms with Crippen molar-refractivity contribution in [2.24, 2.45) is 0 Å². The smallest absolute Gasteiger partial charge is 0.175 e. The van der Waals surface area contributed by atoms with Crippen LogP contribution in [0, 0.1) is 0 Å². The Morgan fingerprint density at radius 1 is 1.47 bits per heavy atom. The highest BCUT2D eigenvalue weighted by molar-refractivity contribution is 7.85. The standard InChI is InChI=1S/C11H13ClO2S/c1-2-6-15(14)8-11(13)9-4-3-5-10(12)7-9/h3-5,7H,2,6,8H2,1H3. The summed E-state index contributed by atoms with van der Waals surface area (Å²) in [5, 5.41) is 0.530. The topological polar surface area (TPSA) is 34.1 Å². The lowest BCUT2D eigenvalue weighted by atomic mass is 10.1. The van der Waals surface area contributed by atoms with Crippen molar-refractivity contribution < 1.29 is 9.00 Å². The minimum Gasteiger partial charge on any atom is -0.293 e. The lowest BCUT2D eigenvalue weighted by Gasteiger charge is -2.01. The largest absolute Gasteiger partial charge is 0.293 e. The first kappa shape index (κ1) is 12.4. The first-order chi connectivity index (χ1) is 7.13. The molecule has 0 heterocycles. The molecule has 0 radical (unpaired) electrons. The van der Waals surface area contributed by atoms with Crippen LogP contribution in [0.5, 0.6) is 0 Å². The normalized spacial score (nSPS) is 12.4. The highest BCUT2D eigenvalue weighted by Crippen LogP contribution is 2.11. The van der Waals surface area contributed by atoms with E-state index in [1.165, 1.54) is 0 Å². The molecule has 4 heteroatoms. The first-order valence-corrected chi connectivity index (χ1v) is 6.64. The third kappa shape index (κ3) is 4.14. The SMILES string of the molecule is CCCS(=O)CC(=O)c1cccc(Cl)c1. The molecule has 1 unspecified atom stereocenters. The molecule has 2 nitrogen and oxygen atoms in total. The zero-order chi connectivity index (χ0) is 11.3. The van der Waals surface area contributed by atoms with Crippen molar-refractivity contribution in [3.8, 4) is 0 Å². The van der Waals surface area contributed by atoms with Gasteiger partial charge in [-0.2, -0.15) is 0 Å². The fourth-order valence-electron chi connectivity index (χ4n) is 1.19. The number of hydrogen-bond acceptors (Lipinski definition) is 2. The highest BCUT2D eigenvalue weighted by atomic mass is 35.5. The van der Waals surface area contributed by atoms with E-state index in [4.69, 9.17) is 11.6 Å². The Kier molecular flexibility index (Phi) is 4.99. The van der Waals surface area contributed by atoms with E-state index in [0.717, 1.165) is 6.42 Å². The molecule has 1 aromatic rings. The van der Waals surface area contributed by atoms with Crippen molar-refractivity contribution in [2.75, 3.05) is 11.5 Å². The Hall–Kier alpha value is -0.670.